The van der Waals surface area contributed by atoms with E-state index >= 15 is 0 Å². The first kappa shape index (κ1) is 12.2. The second-order valence-corrected chi connectivity index (χ2v) is 3.95. The van der Waals surface area contributed by atoms with Crippen molar-refractivity contribution in [2.45, 2.75) is 45.3 Å². The minimum absolute atomic E-state index is 0.185. The molecule has 1 fully saturated rings. The number of hydrogen-bond acceptors (Lipinski definition) is 2. The Hall–Kier alpha value is -0.890. The molecule has 15 heavy (non-hydrogen) atoms. The maximum atomic E-state index is 10.7. The van der Waals surface area contributed by atoms with Crippen LogP contribution in [-0.2, 0) is 9.53 Å². The molecule has 0 aromatic heterocycles. The van der Waals surface area contributed by atoms with Crippen molar-refractivity contribution in [2.75, 3.05) is 0 Å². The molecule has 1 aliphatic heterocycles. The maximum absolute atomic E-state index is 10.7. The molecule has 0 spiro atoms. The van der Waals surface area contributed by atoms with Gasteiger partial charge in [-0.3, -0.25) is 0 Å². The van der Waals surface area contributed by atoms with E-state index in [2.05, 4.69) is 18.2 Å². The highest BCUT2D eigenvalue weighted by Crippen LogP contribution is 2.31. The summed E-state index contributed by atoms with van der Waals surface area (Å²) in [5.41, 5.74) is 0. The molecule has 0 amide bonds. The van der Waals surface area contributed by atoms with Gasteiger partial charge in [0.25, 0.3) is 0 Å². The van der Waals surface area contributed by atoms with Crippen molar-refractivity contribution in [3.05, 3.63) is 24.3 Å². The Bertz CT molecular complexity index is 221. The summed E-state index contributed by atoms with van der Waals surface area (Å²) in [4.78, 5) is 10.7. The molecule has 1 saturated heterocycles. The van der Waals surface area contributed by atoms with Crippen molar-refractivity contribution in [2.24, 2.45) is 5.92 Å². The third kappa shape index (κ3) is 3.63. The lowest BCUT2D eigenvalue weighted by Crippen LogP contribution is -2.15. The minimum atomic E-state index is -0.185. The van der Waals surface area contributed by atoms with Gasteiger partial charge in [-0.25, -0.2) is 0 Å². The molecule has 2 nitrogen and oxygen atoms in total. The Balaban J connectivity index is 2.52. The molecule has 2 heteroatoms. The van der Waals surface area contributed by atoms with E-state index in [4.69, 9.17) is 4.74 Å². The fourth-order valence-corrected chi connectivity index (χ4v) is 2.01. The number of aldehydes is 1. The molecule has 1 rings (SSSR count). The first-order valence-corrected chi connectivity index (χ1v) is 5.64. The summed E-state index contributed by atoms with van der Waals surface area (Å²) in [5.74, 6) is 0.493. The van der Waals surface area contributed by atoms with Gasteiger partial charge in [0.2, 0.25) is 0 Å². The molecule has 0 bridgehead atoms. The Morgan fingerprint density at radius 2 is 1.87 bits per heavy atom. The fourth-order valence-electron chi connectivity index (χ4n) is 2.01. The monoisotopic (exact) mass is 208 g/mol. The summed E-state index contributed by atoms with van der Waals surface area (Å²) in [7, 11) is 0. The van der Waals surface area contributed by atoms with Gasteiger partial charge in [-0.05, 0) is 39.0 Å². The summed E-state index contributed by atoms with van der Waals surface area (Å²) in [6.07, 6.45) is 12.1. The van der Waals surface area contributed by atoms with Crippen molar-refractivity contribution in [1.82, 2.24) is 0 Å². The zero-order chi connectivity index (χ0) is 11.1. The summed E-state index contributed by atoms with van der Waals surface area (Å²) in [6.45, 7) is 4.03. The average Bonchev–Trinajstić information content (AvgIpc) is 2.66. The molecule has 3 unspecified atom stereocenters. The predicted molar refractivity (Wildman–Crippen MR) is 61.7 cm³/mol. The number of allylic oxidation sites excluding steroid dienone is 3. The smallest absolute Gasteiger partial charge is 0.148 e. The van der Waals surface area contributed by atoms with Gasteiger partial charge in [-0.1, -0.05) is 24.3 Å². The van der Waals surface area contributed by atoms with Crippen molar-refractivity contribution in [3.63, 3.8) is 0 Å². The Labute approximate surface area is 92.0 Å². The molecule has 0 aromatic rings. The number of hydrogen-bond donors (Lipinski definition) is 0. The Kier molecular flexibility index (Phi) is 5.33. The topological polar surface area (TPSA) is 26.3 Å². The second-order valence-electron chi connectivity index (χ2n) is 3.95. The van der Waals surface area contributed by atoms with Gasteiger partial charge in [0.05, 0.1) is 6.10 Å². The highest BCUT2D eigenvalue weighted by Gasteiger charge is 2.33. The van der Waals surface area contributed by atoms with Gasteiger partial charge in [-0.2, -0.15) is 0 Å². The summed E-state index contributed by atoms with van der Waals surface area (Å²) in [5, 5.41) is 0. The summed E-state index contributed by atoms with van der Waals surface area (Å²) >= 11 is 0. The third-order valence-corrected chi connectivity index (χ3v) is 2.84. The molecular weight excluding hydrogens is 188 g/mol. The fraction of sp³-hybridized carbons (Fsp3) is 0.615. The first-order chi connectivity index (χ1) is 7.31. The van der Waals surface area contributed by atoms with Gasteiger partial charge >= 0.3 is 0 Å². The zero-order valence-electron chi connectivity index (χ0n) is 9.56. The van der Waals surface area contributed by atoms with Gasteiger partial charge in [0.1, 0.15) is 12.4 Å². The summed E-state index contributed by atoms with van der Waals surface area (Å²) < 4.78 is 5.67. The van der Waals surface area contributed by atoms with Crippen LogP contribution in [0.15, 0.2) is 24.3 Å². The number of ether oxygens (including phenoxy) is 1. The van der Waals surface area contributed by atoms with Crippen LogP contribution in [0.1, 0.15) is 33.1 Å². The Morgan fingerprint density at radius 1 is 1.20 bits per heavy atom. The standard InChI is InChI=1S/C13H20O2/c1-3-5-7-11-9-12(10-14)15-13(11)8-6-4-2/h3-6,10-13H,7-9H2,1-2H3/b5-3+,6-4+. The normalized spacial score (nSPS) is 31.7. The predicted octanol–water partition coefficient (Wildman–Crippen LogP) is 2.89. The van der Waals surface area contributed by atoms with Crippen LogP contribution in [0, 0.1) is 5.92 Å². The van der Waals surface area contributed by atoms with Gasteiger partial charge in [0, 0.05) is 0 Å². The zero-order valence-corrected chi connectivity index (χ0v) is 9.56. The molecular formula is C13H20O2. The van der Waals surface area contributed by atoms with Gasteiger partial charge < -0.3 is 9.53 Å². The number of carbonyl (C=O) groups is 1. The van der Waals surface area contributed by atoms with Crippen molar-refractivity contribution in [1.29, 1.82) is 0 Å². The van der Waals surface area contributed by atoms with E-state index in [0.29, 0.717) is 5.92 Å². The lowest BCUT2D eigenvalue weighted by atomic mass is 9.93. The first-order valence-electron chi connectivity index (χ1n) is 5.64. The lowest BCUT2D eigenvalue weighted by Gasteiger charge is -2.14. The quantitative estimate of drug-likeness (QED) is 0.513. The van der Waals surface area contributed by atoms with Crippen LogP contribution in [-0.4, -0.2) is 18.5 Å². The Morgan fingerprint density at radius 3 is 2.47 bits per heavy atom. The van der Waals surface area contributed by atoms with Crippen LogP contribution in [0.5, 0.6) is 0 Å². The number of rotatable bonds is 5. The van der Waals surface area contributed by atoms with E-state index in [1.54, 1.807) is 0 Å². The van der Waals surface area contributed by atoms with Crippen molar-refractivity contribution < 1.29 is 9.53 Å². The van der Waals surface area contributed by atoms with Crippen molar-refractivity contribution >= 4 is 6.29 Å². The van der Waals surface area contributed by atoms with Crippen LogP contribution in [0.3, 0.4) is 0 Å². The van der Waals surface area contributed by atoms with E-state index in [1.807, 2.05) is 19.9 Å². The van der Waals surface area contributed by atoms with Gasteiger partial charge in [0.15, 0.2) is 0 Å². The minimum Gasteiger partial charge on any atom is -0.367 e. The van der Waals surface area contributed by atoms with E-state index in [-0.39, 0.29) is 12.2 Å². The average molecular weight is 208 g/mol. The van der Waals surface area contributed by atoms with E-state index in [1.165, 1.54) is 0 Å². The van der Waals surface area contributed by atoms with Crippen LogP contribution in [0.25, 0.3) is 0 Å². The molecule has 84 valence electrons. The highest BCUT2D eigenvalue weighted by atomic mass is 16.5. The van der Waals surface area contributed by atoms with Crippen molar-refractivity contribution in [3.8, 4) is 0 Å². The highest BCUT2D eigenvalue weighted by molar-refractivity contribution is 5.56. The molecule has 1 aliphatic rings. The van der Waals surface area contributed by atoms with Crippen LogP contribution < -0.4 is 0 Å². The molecule has 0 radical (unpaired) electrons. The van der Waals surface area contributed by atoms with E-state index in [9.17, 15) is 4.79 Å². The summed E-state index contributed by atoms with van der Waals surface area (Å²) in [6, 6.07) is 0. The molecule has 1 heterocycles. The van der Waals surface area contributed by atoms with Crippen LogP contribution in [0.4, 0.5) is 0 Å². The second kappa shape index (κ2) is 6.57. The van der Waals surface area contributed by atoms with Gasteiger partial charge in [-0.15, -0.1) is 0 Å². The largest absolute Gasteiger partial charge is 0.367 e. The number of carbonyl (C=O) groups excluding carboxylic acids is 1. The molecule has 0 saturated carbocycles. The molecule has 0 N–H and O–H groups in total. The van der Waals surface area contributed by atoms with Crippen LogP contribution in [0.2, 0.25) is 0 Å². The van der Waals surface area contributed by atoms with E-state index < -0.39 is 0 Å². The molecule has 0 aromatic carbocycles. The molecule has 3 atom stereocenters. The molecule has 0 aliphatic carbocycles. The third-order valence-electron chi connectivity index (χ3n) is 2.84. The van der Waals surface area contributed by atoms with Crippen LogP contribution >= 0.6 is 0 Å². The SMILES string of the molecule is C/C=C/CC1CC(C=O)OC1C/C=C/C. The lowest BCUT2D eigenvalue weighted by molar-refractivity contribution is -0.117. The maximum Gasteiger partial charge on any atom is 0.148 e. The van der Waals surface area contributed by atoms with E-state index in [0.717, 1.165) is 25.5 Å².